The second-order valence-electron chi connectivity index (χ2n) is 5.43. The van der Waals surface area contributed by atoms with Crippen LogP contribution in [0, 0.1) is 17.0 Å². The first-order valence-corrected chi connectivity index (χ1v) is 9.23. The van der Waals surface area contributed by atoms with E-state index in [9.17, 15) is 23.3 Å². The molecule has 2 aromatic rings. The Bertz CT molecular complexity index is 1010. The van der Waals surface area contributed by atoms with Gasteiger partial charge in [-0.3, -0.25) is 19.2 Å². The van der Waals surface area contributed by atoms with Gasteiger partial charge in [0.25, 0.3) is 15.7 Å². The summed E-state index contributed by atoms with van der Waals surface area (Å²) in [6.45, 7) is 0.559. The highest BCUT2D eigenvalue weighted by molar-refractivity contribution is 7.93. The van der Waals surface area contributed by atoms with Crippen LogP contribution in [0.3, 0.4) is 0 Å². The summed E-state index contributed by atoms with van der Waals surface area (Å²) in [5, 5.41) is 20.2. The number of nitrogens with zero attached hydrogens (tertiary/aromatic N) is 2. The summed E-state index contributed by atoms with van der Waals surface area (Å²) in [4.78, 5) is 21.2. The minimum atomic E-state index is -4.42. The molecule has 0 unspecified atom stereocenters. The third-order valence-electron chi connectivity index (χ3n) is 3.65. The van der Waals surface area contributed by atoms with Gasteiger partial charge in [-0.15, -0.1) is 0 Å². The second-order valence-corrected chi connectivity index (χ2v) is 7.67. The van der Waals surface area contributed by atoms with Crippen molar-refractivity contribution in [2.24, 2.45) is 0 Å². The summed E-state index contributed by atoms with van der Waals surface area (Å²) in [7, 11) is -3.05. The van der Waals surface area contributed by atoms with E-state index in [1.54, 1.807) is 0 Å². The standard InChI is InChI=1S/C16H15ClN2O7S/c1-10-3-4-12(19(22)23)8-15(10)27(24,25)18(9-16(20)21)11-5-6-14(26-2)13(17)7-11/h3-8H,9H2,1-2H3,(H,20,21). The van der Waals surface area contributed by atoms with Crippen molar-refractivity contribution >= 4 is 39.0 Å². The number of nitro benzene ring substituents is 1. The summed E-state index contributed by atoms with van der Waals surface area (Å²) in [5.74, 6) is -1.13. The predicted octanol–water partition coefficient (Wildman–Crippen LogP) is 2.85. The summed E-state index contributed by atoms with van der Waals surface area (Å²) >= 11 is 6.02. The number of carboxylic acid groups (broad SMARTS) is 1. The van der Waals surface area contributed by atoms with Crippen LogP contribution < -0.4 is 9.04 Å². The Balaban J connectivity index is 2.65. The number of non-ortho nitro benzene ring substituents is 1. The number of benzene rings is 2. The lowest BCUT2D eigenvalue weighted by atomic mass is 10.2. The van der Waals surface area contributed by atoms with Crippen LogP contribution in [-0.2, 0) is 14.8 Å². The summed E-state index contributed by atoms with van der Waals surface area (Å²) in [6.07, 6.45) is 0. The minimum Gasteiger partial charge on any atom is -0.495 e. The van der Waals surface area contributed by atoms with Gasteiger partial charge in [0.1, 0.15) is 12.3 Å². The van der Waals surface area contributed by atoms with Gasteiger partial charge in [-0.05, 0) is 30.7 Å². The van der Waals surface area contributed by atoms with Crippen LogP contribution in [0.25, 0.3) is 0 Å². The maximum Gasteiger partial charge on any atom is 0.324 e. The fraction of sp³-hybridized carbons (Fsp3) is 0.188. The molecule has 27 heavy (non-hydrogen) atoms. The number of anilines is 1. The van der Waals surface area contributed by atoms with Crippen LogP contribution in [0.2, 0.25) is 5.02 Å². The highest BCUT2D eigenvalue weighted by Crippen LogP contribution is 2.33. The number of halogens is 1. The van der Waals surface area contributed by atoms with Crippen LogP contribution in [0.4, 0.5) is 11.4 Å². The summed E-state index contributed by atoms with van der Waals surface area (Å²) in [5.41, 5.74) is -0.216. The van der Waals surface area contributed by atoms with Gasteiger partial charge < -0.3 is 9.84 Å². The number of aryl methyl sites for hydroxylation is 1. The lowest BCUT2D eigenvalue weighted by Gasteiger charge is -2.24. The number of rotatable bonds is 7. The predicted molar refractivity (Wildman–Crippen MR) is 98.0 cm³/mol. The van der Waals surface area contributed by atoms with Gasteiger partial charge in [-0.25, -0.2) is 8.42 Å². The van der Waals surface area contributed by atoms with E-state index < -0.39 is 33.1 Å². The van der Waals surface area contributed by atoms with E-state index >= 15 is 0 Å². The van der Waals surface area contributed by atoms with Gasteiger partial charge in [0, 0.05) is 12.1 Å². The smallest absolute Gasteiger partial charge is 0.324 e. The molecule has 0 fully saturated rings. The van der Waals surface area contributed by atoms with Crippen molar-refractivity contribution in [1.82, 2.24) is 0 Å². The van der Waals surface area contributed by atoms with E-state index in [4.69, 9.17) is 21.4 Å². The zero-order valence-corrected chi connectivity index (χ0v) is 15.8. The van der Waals surface area contributed by atoms with E-state index in [-0.39, 0.29) is 26.9 Å². The Morgan fingerprint density at radius 2 is 1.96 bits per heavy atom. The first-order chi connectivity index (χ1) is 12.6. The molecule has 0 atom stereocenters. The van der Waals surface area contributed by atoms with Crippen LogP contribution >= 0.6 is 11.6 Å². The number of hydrogen-bond acceptors (Lipinski definition) is 6. The normalized spacial score (nSPS) is 11.1. The molecule has 0 aliphatic heterocycles. The zero-order chi connectivity index (χ0) is 20.4. The Hall–Kier alpha value is -2.85. The number of ether oxygens (including phenoxy) is 1. The molecular weight excluding hydrogens is 400 g/mol. The molecule has 11 heteroatoms. The maximum atomic E-state index is 13.1. The number of carbonyl (C=O) groups is 1. The molecule has 0 bridgehead atoms. The molecule has 0 saturated carbocycles. The van der Waals surface area contributed by atoms with Gasteiger partial charge in [0.05, 0.1) is 27.6 Å². The Labute approximate surface area is 159 Å². The number of methoxy groups -OCH3 is 1. The largest absolute Gasteiger partial charge is 0.495 e. The molecule has 0 saturated heterocycles. The Kier molecular flexibility index (Phi) is 5.91. The van der Waals surface area contributed by atoms with Crippen molar-refractivity contribution < 1.29 is 28.0 Å². The van der Waals surface area contributed by atoms with E-state index in [1.807, 2.05) is 0 Å². The summed E-state index contributed by atoms with van der Waals surface area (Å²) < 4.78 is 31.8. The first kappa shape index (κ1) is 20.5. The second kappa shape index (κ2) is 7.80. The average Bonchev–Trinajstić information content (AvgIpc) is 2.59. The molecule has 0 aliphatic carbocycles. The lowest BCUT2D eigenvalue weighted by molar-refractivity contribution is -0.385. The number of sulfonamides is 1. The van der Waals surface area contributed by atoms with Crippen molar-refractivity contribution in [1.29, 1.82) is 0 Å². The van der Waals surface area contributed by atoms with E-state index in [0.29, 0.717) is 4.31 Å². The molecular formula is C16H15ClN2O7S. The molecule has 0 spiro atoms. The molecule has 0 heterocycles. The number of aliphatic carboxylic acids is 1. The topological polar surface area (TPSA) is 127 Å². The maximum absolute atomic E-state index is 13.1. The average molecular weight is 415 g/mol. The van der Waals surface area contributed by atoms with Crippen LogP contribution in [0.5, 0.6) is 5.75 Å². The van der Waals surface area contributed by atoms with Gasteiger partial charge in [0.2, 0.25) is 0 Å². The van der Waals surface area contributed by atoms with Crippen molar-refractivity contribution in [2.45, 2.75) is 11.8 Å². The van der Waals surface area contributed by atoms with Crippen LogP contribution in [0.15, 0.2) is 41.3 Å². The van der Waals surface area contributed by atoms with Gasteiger partial charge in [0.15, 0.2) is 0 Å². The molecule has 0 aromatic heterocycles. The lowest BCUT2D eigenvalue weighted by Crippen LogP contribution is -2.36. The quantitative estimate of drug-likeness (QED) is 0.545. The van der Waals surface area contributed by atoms with Crippen LogP contribution in [-0.4, -0.2) is 38.1 Å². The molecule has 144 valence electrons. The Morgan fingerprint density at radius 1 is 1.30 bits per heavy atom. The summed E-state index contributed by atoms with van der Waals surface area (Å²) in [6, 6.07) is 7.31. The number of nitro groups is 1. The van der Waals surface area contributed by atoms with Crippen molar-refractivity contribution in [2.75, 3.05) is 18.0 Å². The SMILES string of the molecule is COc1ccc(N(CC(=O)O)S(=O)(=O)c2cc([N+](=O)[O-])ccc2C)cc1Cl. The number of hydrogen-bond donors (Lipinski definition) is 1. The monoisotopic (exact) mass is 414 g/mol. The van der Waals surface area contributed by atoms with E-state index in [0.717, 1.165) is 6.07 Å². The van der Waals surface area contributed by atoms with Crippen molar-refractivity contribution in [3.05, 3.63) is 57.1 Å². The minimum absolute atomic E-state index is 0.0193. The van der Waals surface area contributed by atoms with Gasteiger partial charge in [-0.1, -0.05) is 17.7 Å². The molecule has 1 N–H and O–H groups in total. The van der Waals surface area contributed by atoms with Gasteiger partial charge in [-0.2, -0.15) is 0 Å². The fourth-order valence-corrected chi connectivity index (χ4v) is 4.25. The van der Waals surface area contributed by atoms with E-state index in [1.165, 1.54) is 44.4 Å². The molecule has 0 radical (unpaired) electrons. The molecule has 0 aliphatic rings. The molecule has 2 aromatic carbocycles. The third-order valence-corrected chi connectivity index (χ3v) is 5.86. The molecule has 2 rings (SSSR count). The van der Waals surface area contributed by atoms with Crippen LogP contribution in [0.1, 0.15) is 5.56 Å². The molecule has 9 nitrogen and oxygen atoms in total. The highest BCUT2D eigenvalue weighted by atomic mass is 35.5. The third kappa shape index (κ3) is 4.29. The van der Waals surface area contributed by atoms with E-state index in [2.05, 4.69) is 0 Å². The number of carboxylic acids is 1. The highest BCUT2D eigenvalue weighted by Gasteiger charge is 2.30. The van der Waals surface area contributed by atoms with Crippen molar-refractivity contribution in [3.8, 4) is 5.75 Å². The van der Waals surface area contributed by atoms with Crippen molar-refractivity contribution in [3.63, 3.8) is 0 Å². The first-order valence-electron chi connectivity index (χ1n) is 7.41. The zero-order valence-electron chi connectivity index (χ0n) is 14.2. The fourth-order valence-electron chi connectivity index (χ4n) is 2.35. The van der Waals surface area contributed by atoms with Gasteiger partial charge >= 0.3 is 5.97 Å². The Morgan fingerprint density at radius 3 is 2.48 bits per heavy atom. The molecule has 0 amide bonds.